The summed E-state index contributed by atoms with van der Waals surface area (Å²) in [6.07, 6.45) is 6.69. The van der Waals surface area contributed by atoms with Crippen LogP contribution in [-0.4, -0.2) is 39.9 Å². The summed E-state index contributed by atoms with van der Waals surface area (Å²) < 4.78 is 15.7. The number of hydrazine groups is 1. The van der Waals surface area contributed by atoms with Crippen molar-refractivity contribution in [3.63, 3.8) is 0 Å². The largest absolute Gasteiger partial charge is 0.508 e. The number of aromatic nitrogens is 2. The number of rotatable bonds is 4. The number of aromatic amines is 1. The molecule has 5 rings (SSSR count). The molecule has 6 atom stereocenters. The summed E-state index contributed by atoms with van der Waals surface area (Å²) in [6.45, 7) is 5.22. The van der Waals surface area contributed by atoms with Gasteiger partial charge in [-0.1, -0.05) is 19.1 Å². The van der Waals surface area contributed by atoms with E-state index in [1.165, 1.54) is 5.57 Å². The van der Waals surface area contributed by atoms with Crippen molar-refractivity contribution < 1.29 is 9.50 Å². The number of aryl methyl sites for hydroxylation is 1. The lowest BCUT2D eigenvalue weighted by Gasteiger charge is -2.36. The maximum atomic E-state index is 15.7. The number of imidazole rings is 1. The number of fused-ring (bicyclic) bond motifs is 1. The minimum Gasteiger partial charge on any atom is -0.508 e. The fourth-order valence-electron chi connectivity index (χ4n) is 5.71. The van der Waals surface area contributed by atoms with Crippen molar-refractivity contribution in [2.75, 3.05) is 6.54 Å². The van der Waals surface area contributed by atoms with Crippen LogP contribution in [0.1, 0.15) is 67.7 Å². The summed E-state index contributed by atoms with van der Waals surface area (Å²) in [5.74, 6) is 1.11. The van der Waals surface area contributed by atoms with E-state index in [0.29, 0.717) is 6.04 Å². The molecule has 1 saturated carbocycles. The van der Waals surface area contributed by atoms with E-state index in [9.17, 15) is 5.11 Å². The Kier molecular flexibility index (Phi) is 5.58. The Morgan fingerprint density at radius 3 is 2.90 bits per heavy atom. The van der Waals surface area contributed by atoms with Crippen LogP contribution in [0.15, 0.2) is 30.5 Å². The zero-order valence-corrected chi connectivity index (χ0v) is 18.2. The van der Waals surface area contributed by atoms with Crippen LogP contribution in [-0.2, 0) is 6.42 Å². The molecule has 166 valence electrons. The van der Waals surface area contributed by atoms with E-state index in [1.54, 1.807) is 12.1 Å². The second-order valence-corrected chi connectivity index (χ2v) is 9.13. The highest BCUT2D eigenvalue weighted by atomic mass is 19.1. The van der Waals surface area contributed by atoms with Gasteiger partial charge in [0.15, 0.2) is 0 Å². The van der Waals surface area contributed by atoms with Crippen LogP contribution in [0.3, 0.4) is 0 Å². The third-order valence-corrected chi connectivity index (χ3v) is 7.37. The Morgan fingerprint density at radius 1 is 1.23 bits per heavy atom. The molecule has 31 heavy (non-hydrogen) atoms. The number of phenolic OH excluding ortho intramolecular Hbond substituents is 1. The smallest absolute Gasteiger partial charge is 0.125 e. The zero-order chi connectivity index (χ0) is 21.5. The molecule has 2 fully saturated rings. The van der Waals surface area contributed by atoms with Gasteiger partial charge in [0.2, 0.25) is 0 Å². The van der Waals surface area contributed by atoms with Crippen LogP contribution < -0.4 is 16.2 Å². The van der Waals surface area contributed by atoms with Gasteiger partial charge >= 0.3 is 0 Å². The van der Waals surface area contributed by atoms with Crippen LogP contribution in [0.25, 0.3) is 5.57 Å². The molecule has 1 saturated heterocycles. The third-order valence-electron chi connectivity index (χ3n) is 7.37. The number of benzene rings is 1. The normalized spacial score (nSPS) is 33.2. The van der Waals surface area contributed by atoms with Crippen LogP contribution in [0.5, 0.6) is 5.75 Å². The SMILES string of the molecule is CCc1cc(O)ccc1C1CCC2C(c3ncc(C4=CCCNC4C)[nH]3)NNC2C1F. The molecule has 0 spiro atoms. The van der Waals surface area contributed by atoms with Gasteiger partial charge in [-0.3, -0.25) is 5.43 Å². The molecule has 0 radical (unpaired) electrons. The third kappa shape index (κ3) is 3.69. The van der Waals surface area contributed by atoms with Gasteiger partial charge in [0, 0.05) is 17.9 Å². The van der Waals surface area contributed by atoms with Crippen LogP contribution >= 0.6 is 0 Å². The predicted octanol–water partition coefficient (Wildman–Crippen LogP) is 3.49. The molecular formula is C24H32FN5O. The molecule has 0 bridgehead atoms. The van der Waals surface area contributed by atoms with E-state index in [4.69, 9.17) is 0 Å². The molecule has 2 aliphatic heterocycles. The topological polar surface area (TPSA) is 85.0 Å². The zero-order valence-electron chi connectivity index (χ0n) is 18.2. The first-order valence-electron chi connectivity index (χ1n) is 11.5. The highest BCUT2D eigenvalue weighted by Crippen LogP contribution is 2.45. The van der Waals surface area contributed by atoms with Crippen LogP contribution in [0, 0.1) is 5.92 Å². The lowest BCUT2D eigenvalue weighted by Crippen LogP contribution is -2.45. The highest BCUT2D eigenvalue weighted by molar-refractivity contribution is 5.67. The van der Waals surface area contributed by atoms with Crippen molar-refractivity contribution in [2.24, 2.45) is 5.92 Å². The van der Waals surface area contributed by atoms with E-state index in [-0.39, 0.29) is 29.7 Å². The summed E-state index contributed by atoms with van der Waals surface area (Å²) in [5.41, 5.74) is 10.9. The molecule has 0 amide bonds. The number of hydrogen-bond donors (Lipinski definition) is 5. The minimum atomic E-state index is -0.995. The van der Waals surface area contributed by atoms with Gasteiger partial charge in [-0.05, 0) is 68.0 Å². The maximum absolute atomic E-state index is 15.7. The van der Waals surface area contributed by atoms with Crippen molar-refractivity contribution >= 4 is 5.57 Å². The molecule has 1 aliphatic carbocycles. The Labute approximate surface area is 182 Å². The molecular weight excluding hydrogens is 393 g/mol. The first-order valence-corrected chi connectivity index (χ1v) is 11.5. The van der Waals surface area contributed by atoms with Crippen LogP contribution in [0.4, 0.5) is 4.39 Å². The minimum absolute atomic E-state index is 0.0316. The van der Waals surface area contributed by atoms with E-state index < -0.39 is 6.17 Å². The van der Waals surface area contributed by atoms with E-state index in [0.717, 1.165) is 54.9 Å². The van der Waals surface area contributed by atoms with Gasteiger partial charge in [-0.15, -0.1) is 0 Å². The average molecular weight is 426 g/mol. The van der Waals surface area contributed by atoms with Crippen molar-refractivity contribution in [1.82, 2.24) is 26.1 Å². The van der Waals surface area contributed by atoms with Gasteiger partial charge in [0.25, 0.3) is 0 Å². The monoisotopic (exact) mass is 425 g/mol. The molecule has 3 heterocycles. The Morgan fingerprint density at radius 2 is 2.10 bits per heavy atom. The Bertz CT molecular complexity index is 973. The van der Waals surface area contributed by atoms with Crippen molar-refractivity contribution in [3.8, 4) is 5.75 Å². The molecule has 7 heteroatoms. The Balaban J connectivity index is 1.34. The number of hydrogen-bond acceptors (Lipinski definition) is 5. The van der Waals surface area contributed by atoms with Crippen molar-refractivity contribution in [1.29, 1.82) is 0 Å². The molecule has 1 aromatic heterocycles. The summed E-state index contributed by atoms with van der Waals surface area (Å²) in [6, 6.07) is 5.36. The van der Waals surface area contributed by atoms with Crippen molar-refractivity contribution in [2.45, 2.75) is 69.7 Å². The lowest BCUT2D eigenvalue weighted by molar-refractivity contribution is 0.135. The molecule has 2 aromatic rings. The number of alkyl halides is 1. The first kappa shape index (κ1) is 20.7. The molecule has 1 aromatic carbocycles. The van der Waals surface area contributed by atoms with Gasteiger partial charge in [0.05, 0.1) is 24.0 Å². The number of halogens is 1. The number of aromatic hydroxyl groups is 1. The molecule has 6 nitrogen and oxygen atoms in total. The van der Waals surface area contributed by atoms with E-state index in [1.807, 2.05) is 12.3 Å². The molecule has 5 N–H and O–H groups in total. The number of nitrogens with zero attached hydrogens (tertiary/aromatic N) is 1. The van der Waals surface area contributed by atoms with Crippen molar-refractivity contribution in [3.05, 3.63) is 53.1 Å². The van der Waals surface area contributed by atoms with E-state index in [2.05, 4.69) is 46.1 Å². The average Bonchev–Trinajstić information content (AvgIpc) is 3.42. The fraction of sp³-hybridized carbons (Fsp3) is 0.542. The standard InChI is InChI=1S/C24H32FN5O/c1-3-14-11-15(31)6-7-17(14)18-8-9-19-22(21(18)25)29-30-23(19)24-27-12-20(28-24)16-5-4-10-26-13(16)2/h5-7,11-13,18-19,21-23,26,29-31H,3-4,8-10H2,1-2H3,(H,27,28). The van der Waals surface area contributed by atoms with Gasteiger partial charge in [0.1, 0.15) is 17.7 Å². The lowest BCUT2D eigenvalue weighted by atomic mass is 9.71. The van der Waals surface area contributed by atoms with E-state index >= 15 is 4.39 Å². The summed E-state index contributed by atoms with van der Waals surface area (Å²) in [7, 11) is 0. The van der Waals surface area contributed by atoms with Gasteiger partial charge in [-0.25, -0.2) is 14.8 Å². The first-order chi connectivity index (χ1) is 15.1. The second kappa shape index (κ2) is 8.37. The number of nitrogens with one attached hydrogen (secondary N) is 4. The molecule has 3 aliphatic rings. The fourth-order valence-corrected chi connectivity index (χ4v) is 5.71. The quantitative estimate of drug-likeness (QED) is 0.518. The van der Waals surface area contributed by atoms with Gasteiger partial charge < -0.3 is 15.4 Å². The summed E-state index contributed by atoms with van der Waals surface area (Å²) in [5, 5.41) is 13.3. The number of H-pyrrole nitrogens is 1. The maximum Gasteiger partial charge on any atom is 0.125 e. The predicted molar refractivity (Wildman–Crippen MR) is 119 cm³/mol. The Hall–Kier alpha value is -2.22. The molecule has 6 unspecified atom stereocenters. The van der Waals surface area contributed by atoms with Crippen LogP contribution in [0.2, 0.25) is 0 Å². The summed E-state index contributed by atoms with van der Waals surface area (Å²) >= 11 is 0. The highest BCUT2D eigenvalue weighted by Gasteiger charge is 2.48. The second-order valence-electron chi connectivity index (χ2n) is 9.13. The van der Waals surface area contributed by atoms with Gasteiger partial charge in [-0.2, -0.15) is 0 Å². The summed E-state index contributed by atoms with van der Waals surface area (Å²) in [4.78, 5) is 8.16. The number of phenols is 1.